The number of methoxy groups -OCH3 is 1. The lowest BCUT2D eigenvalue weighted by Gasteiger charge is -2.14. The second-order valence-electron chi connectivity index (χ2n) is 8.52. The predicted molar refractivity (Wildman–Crippen MR) is 142 cm³/mol. The SMILES string of the molecule is CC[C@H](C)OC(=O)CN1C(=O)S/C(=C/c2ccc(OCC(=O)Nc3ccc(C)c(C)c3)c(OC)c2)C1=O. The molecule has 1 N–H and O–H groups in total. The molecule has 1 atom stereocenters. The topological polar surface area (TPSA) is 111 Å². The van der Waals surface area contributed by atoms with E-state index in [0.29, 0.717) is 29.2 Å². The third-order valence-electron chi connectivity index (χ3n) is 5.70. The largest absolute Gasteiger partial charge is 0.493 e. The van der Waals surface area contributed by atoms with E-state index in [9.17, 15) is 19.2 Å². The van der Waals surface area contributed by atoms with Gasteiger partial charge < -0.3 is 19.5 Å². The molecule has 1 aliphatic heterocycles. The van der Waals surface area contributed by atoms with E-state index < -0.39 is 23.7 Å². The second-order valence-corrected chi connectivity index (χ2v) is 9.52. The van der Waals surface area contributed by atoms with Gasteiger partial charge in [0, 0.05) is 5.69 Å². The molecule has 1 heterocycles. The van der Waals surface area contributed by atoms with Gasteiger partial charge in [0.05, 0.1) is 18.1 Å². The fraction of sp³-hybridized carbons (Fsp3) is 0.333. The number of amides is 3. The van der Waals surface area contributed by atoms with Gasteiger partial charge in [0.1, 0.15) is 6.54 Å². The maximum Gasteiger partial charge on any atom is 0.326 e. The van der Waals surface area contributed by atoms with Crippen molar-refractivity contribution in [3.63, 3.8) is 0 Å². The molecular formula is C27H30N2O7S. The second kappa shape index (κ2) is 12.4. The van der Waals surface area contributed by atoms with E-state index in [0.717, 1.165) is 27.8 Å². The van der Waals surface area contributed by atoms with Crippen LogP contribution in [0.4, 0.5) is 10.5 Å². The number of nitrogens with zero attached hydrogens (tertiary/aromatic N) is 1. The maximum absolute atomic E-state index is 12.7. The van der Waals surface area contributed by atoms with E-state index in [-0.39, 0.29) is 23.5 Å². The van der Waals surface area contributed by atoms with Gasteiger partial charge in [0.2, 0.25) is 0 Å². The minimum atomic E-state index is -0.636. The molecule has 0 saturated carbocycles. The Kier molecular flexibility index (Phi) is 9.35. The molecule has 3 rings (SSSR count). The first kappa shape index (κ1) is 27.8. The van der Waals surface area contributed by atoms with Crippen LogP contribution in [-0.2, 0) is 19.1 Å². The standard InChI is InChI=1S/C27H30N2O7S/c1-6-18(4)36-25(31)14-29-26(32)23(37-27(29)33)13-19-8-10-21(22(12-19)34-5)35-15-24(30)28-20-9-7-16(2)17(3)11-20/h7-13,18H,6,14-15H2,1-5H3,(H,28,30)/b23-13+/t18-/m0/s1. The van der Waals surface area contributed by atoms with Gasteiger partial charge in [-0.15, -0.1) is 0 Å². The Morgan fingerprint density at radius 2 is 1.84 bits per heavy atom. The van der Waals surface area contributed by atoms with Crippen LogP contribution in [0.5, 0.6) is 11.5 Å². The first-order chi connectivity index (χ1) is 17.6. The number of imide groups is 1. The molecule has 3 amide bonds. The molecule has 0 spiro atoms. The molecule has 0 radical (unpaired) electrons. The molecular weight excluding hydrogens is 496 g/mol. The fourth-order valence-corrected chi connectivity index (χ4v) is 4.15. The van der Waals surface area contributed by atoms with Crippen LogP contribution in [0.15, 0.2) is 41.3 Å². The summed E-state index contributed by atoms with van der Waals surface area (Å²) < 4.78 is 16.2. The normalized spacial score (nSPS) is 15.1. The van der Waals surface area contributed by atoms with Crippen LogP contribution in [0.1, 0.15) is 37.0 Å². The number of aryl methyl sites for hydroxylation is 2. The number of hydrogen-bond acceptors (Lipinski definition) is 8. The Bertz CT molecular complexity index is 1240. The van der Waals surface area contributed by atoms with E-state index in [1.165, 1.54) is 13.2 Å². The highest BCUT2D eigenvalue weighted by atomic mass is 32.2. The number of ether oxygens (including phenoxy) is 3. The fourth-order valence-electron chi connectivity index (χ4n) is 3.31. The van der Waals surface area contributed by atoms with E-state index in [1.807, 2.05) is 39.0 Å². The van der Waals surface area contributed by atoms with Crippen LogP contribution in [-0.4, -0.2) is 54.3 Å². The monoisotopic (exact) mass is 526 g/mol. The van der Waals surface area contributed by atoms with Crippen LogP contribution in [0.3, 0.4) is 0 Å². The summed E-state index contributed by atoms with van der Waals surface area (Å²) in [5.41, 5.74) is 3.46. The van der Waals surface area contributed by atoms with E-state index in [2.05, 4.69) is 5.32 Å². The smallest absolute Gasteiger partial charge is 0.326 e. The molecule has 37 heavy (non-hydrogen) atoms. The molecule has 0 aromatic heterocycles. The first-order valence-electron chi connectivity index (χ1n) is 11.7. The van der Waals surface area contributed by atoms with Gasteiger partial charge in [0.15, 0.2) is 18.1 Å². The zero-order valence-corrected chi connectivity index (χ0v) is 22.3. The zero-order chi connectivity index (χ0) is 27.1. The first-order valence-corrected chi connectivity index (χ1v) is 12.6. The highest BCUT2D eigenvalue weighted by molar-refractivity contribution is 8.18. The summed E-state index contributed by atoms with van der Waals surface area (Å²) in [7, 11) is 1.46. The van der Waals surface area contributed by atoms with Crippen molar-refractivity contribution >= 4 is 46.5 Å². The number of nitrogens with one attached hydrogen (secondary N) is 1. The summed E-state index contributed by atoms with van der Waals surface area (Å²) in [6, 6.07) is 10.6. The van der Waals surface area contributed by atoms with Gasteiger partial charge in [-0.2, -0.15) is 0 Å². The number of rotatable bonds is 10. The van der Waals surface area contributed by atoms with Crippen molar-refractivity contribution in [3.8, 4) is 11.5 Å². The van der Waals surface area contributed by atoms with Crippen LogP contribution in [0.25, 0.3) is 6.08 Å². The summed E-state index contributed by atoms with van der Waals surface area (Å²) in [6.07, 6.45) is 1.87. The number of carbonyl (C=O) groups is 4. The lowest BCUT2D eigenvalue weighted by atomic mass is 10.1. The molecule has 1 aliphatic rings. The predicted octanol–water partition coefficient (Wildman–Crippen LogP) is 4.71. The Hall–Kier alpha value is -3.79. The van der Waals surface area contributed by atoms with Gasteiger partial charge in [0.25, 0.3) is 17.1 Å². The number of hydrogen-bond donors (Lipinski definition) is 1. The van der Waals surface area contributed by atoms with Crippen molar-refractivity contribution in [3.05, 3.63) is 58.0 Å². The lowest BCUT2D eigenvalue weighted by molar-refractivity contribution is -0.150. The average molecular weight is 527 g/mol. The lowest BCUT2D eigenvalue weighted by Crippen LogP contribution is -2.35. The molecule has 196 valence electrons. The van der Waals surface area contributed by atoms with Crippen molar-refractivity contribution in [2.24, 2.45) is 0 Å². The highest BCUT2D eigenvalue weighted by Gasteiger charge is 2.36. The van der Waals surface area contributed by atoms with Crippen LogP contribution < -0.4 is 14.8 Å². The van der Waals surface area contributed by atoms with Crippen molar-refractivity contribution in [1.29, 1.82) is 0 Å². The minimum Gasteiger partial charge on any atom is -0.493 e. The quantitative estimate of drug-likeness (QED) is 0.350. The van der Waals surface area contributed by atoms with Crippen molar-refractivity contribution < 1.29 is 33.4 Å². The maximum atomic E-state index is 12.7. The number of thioether (sulfide) groups is 1. The van der Waals surface area contributed by atoms with Gasteiger partial charge in [-0.25, -0.2) is 0 Å². The molecule has 1 fully saturated rings. The molecule has 0 aliphatic carbocycles. The van der Waals surface area contributed by atoms with Crippen LogP contribution in [0.2, 0.25) is 0 Å². The molecule has 0 unspecified atom stereocenters. The number of benzene rings is 2. The van der Waals surface area contributed by atoms with Crippen molar-refractivity contribution in [2.75, 3.05) is 25.6 Å². The highest BCUT2D eigenvalue weighted by Crippen LogP contribution is 2.34. The van der Waals surface area contributed by atoms with Gasteiger partial charge in [-0.1, -0.05) is 19.1 Å². The van der Waals surface area contributed by atoms with E-state index in [1.54, 1.807) is 25.1 Å². The number of carbonyl (C=O) groups excluding carboxylic acids is 4. The molecule has 2 aromatic carbocycles. The molecule has 2 aromatic rings. The molecule has 10 heteroatoms. The van der Waals surface area contributed by atoms with Gasteiger partial charge in [-0.3, -0.25) is 24.1 Å². The van der Waals surface area contributed by atoms with Crippen LogP contribution >= 0.6 is 11.8 Å². The Morgan fingerprint density at radius 3 is 2.51 bits per heavy atom. The minimum absolute atomic E-state index is 0.171. The van der Waals surface area contributed by atoms with E-state index in [4.69, 9.17) is 14.2 Å². The zero-order valence-electron chi connectivity index (χ0n) is 21.5. The van der Waals surface area contributed by atoms with Crippen molar-refractivity contribution in [2.45, 2.75) is 40.2 Å². The van der Waals surface area contributed by atoms with Crippen LogP contribution in [0, 0.1) is 13.8 Å². The third kappa shape index (κ3) is 7.36. The summed E-state index contributed by atoms with van der Waals surface area (Å²) in [5.74, 6) is -0.837. The van der Waals surface area contributed by atoms with E-state index >= 15 is 0 Å². The summed E-state index contributed by atoms with van der Waals surface area (Å²) >= 11 is 0.744. The number of anilines is 1. The summed E-state index contributed by atoms with van der Waals surface area (Å²) in [5, 5.41) is 2.25. The molecule has 0 bridgehead atoms. The summed E-state index contributed by atoms with van der Waals surface area (Å²) in [4.78, 5) is 50.4. The third-order valence-corrected chi connectivity index (χ3v) is 6.61. The Morgan fingerprint density at radius 1 is 1.08 bits per heavy atom. The average Bonchev–Trinajstić information content (AvgIpc) is 3.12. The summed E-state index contributed by atoms with van der Waals surface area (Å²) in [6.45, 7) is 6.91. The molecule has 9 nitrogen and oxygen atoms in total. The van der Waals surface area contributed by atoms with Gasteiger partial charge >= 0.3 is 5.97 Å². The molecule has 1 saturated heterocycles. The number of esters is 1. The Labute approximate surface area is 220 Å². The Balaban J connectivity index is 1.64. The van der Waals surface area contributed by atoms with Crippen molar-refractivity contribution in [1.82, 2.24) is 4.90 Å². The van der Waals surface area contributed by atoms with Gasteiger partial charge in [-0.05, 0) is 86.0 Å².